The van der Waals surface area contributed by atoms with Gasteiger partial charge in [0.15, 0.2) is 0 Å². The van der Waals surface area contributed by atoms with E-state index < -0.39 is 16.6 Å². The number of hydrogen-bond donors (Lipinski definition) is 1. The van der Waals surface area contributed by atoms with Crippen molar-refractivity contribution in [2.24, 2.45) is 0 Å². The normalized spacial score (nSPS) is 14.7. The molecular formula is C10H11ClO2S. The third-order valence-electron chi connectivity index (χ3n) is 1.67. The summed E-state index contributed by atoms with van der Waals surface area (Å²) in [5.74, 6) is -0.874. The molecule has 1 aromatic rings. The predicted octanol–water partition coefficient (Wildman–Crippen LogP) is 2.86. The molecule has 0 bridgehead atoms. The van der Waals surface area contributed by atoms with Gasteiger partial charge in [0.2, 0.25) is 0 Å². The summed E-state index contributed by atoms with van der Waals surface area (Å²) in [4.78, 5) is 11.8. The van der Waals surface area contributed by atoms with Crippen LogP contribution in [-0.4, -0.2) is 21.7 Å². The van der Waals surface area contributed by atoms with Gasteiger partial charge in [-0.3, -0.25) is 4.79 Å². The molecule has 2 atom stereocenters. The highest BCUT2D eigenvalue weighted by Gasteiger charge is 2.23. The first-order valence-corrected chi connectivity index (χ1v) is 5.51. The number of carbonyl (C=O) groups is 1. The van der Waals surface area contributed by atoms with E-state index in [0.717, 1.165) is 4.90 Å². The zero-order valence-corrected chi connectivity index (χ0v) is 9.26. The summed E-state index contributed by atoms with van der Waals surface area (Å²) in [5, 5.41) is 7.91. The van der Waals surface area contributed by atoms with Crippen LogP contribution in [0.25, 0.3) is 0 Å². The standard InChI is InChI=1S/C10H11ClO2S/c1-7(11)9(10(12)13)14-8-5-3-2-4-6-8/h2-7,9H,1H3,(H,12,13)/t7-,9+/m0/s1. The Morgan fingerprint density at radius 3 is 2.43 bits per heavy atom. The number of aliphatic carboxylic acids is 1. The summed E-state index contributed by atoms with van der Waals surface area (Å²) in [6, 6.07) is 9.39. The number of carboxylic acid groups (broad SMARTS) is 1. The van der Waals surface area contributed by atoms with Gasteiger partial charge < -0.3 is 5.11 Å². The van der Waals surface area contributed by atoms with Crippen molar-refractivity contribution in [2.75, 3.05) is 0 Å². The monoisotopic (exact) mass is 230 g/mol. The number of alkyl halides is 1. The fraction of sp³-hybridized carbons (Fsp3) is 0.300. The third-order valence-corrected chi connectivity index (χ3v) is 3.48. The van der Waals surface area contributed by atoms with Gasteiger partial charge >= 0.3 is 5.97 Å². The molecule has 2 nitrogen and oxygen atoms in total. The smallest absolute Gasteiger partial charge is 0.318 e. The largest absolute Gasteiger partial charge is 0.480 e. The van der Waals surface area contributed by atoms with Crippen LogP contribution in [0, 0.1) is 0 Å². The summed E-state index contributed by atoms with van der Waals surface area (Å²) >= 11 is 7.06. The molecule has 0 saturated carbocycles. The highest BCUT2D eigenvalue weighted by Crippen LogP contribution is 2.27. The van der Waals surface area contributed by atoms with Gasteiger partial charge in [-0.25, -0.2) is 0 Å². The van der Waals surface area contributed by atoms with E-state index in [1.165, 1.54) is 11.8 Å². The third kappa shape index (κ3) is 3.24. The molecule has 0 unspecified atom stereocenters. The molecular weight excluding hydrogens is 220 g/mol. The minimum atomic E-state index is -0.874. The number of carboxylic acids is 1. The molecule has 1 N–H and O–H groups in total. The van der Waals surface area contributed by atoms with Crippen LogP contribution in [-0.2, 0) is 4.79 Å². The molecule has 1 rings (SSSR count). The van der Waals surface area contributed by atoms with Crippen molar-refractivity contribution >= 4 is 29.3 Å². The zero-order chi connectivity index (χ0) is 10.6. The van der Waals surface area contributed by atoms with Crippen molar-refractivity contribution in [2.45, 2.75) is 22.4 Å². The maximum atomic E-state index is 10.8. The van der Waals surface area contributed by atoms with Crippen LogP contribution < -0.4 is 0 Å². The Morgan fingerprint density at radius 1 is 1.43 bits per heavy atom. The lowest BCUT2D eigenvalue weighted by atomic mass is 10.3. The second-order valence-electron chi connectivity index (χ2n) is 2.87. The fourth-order valence-corrected chi connectivity index (χ4v) is 2.14. The second kappa shape index (κ2) is 5.27. The van der Waals surface area contributed by atoms with Gasteiger partial charge in [-0.05, 0) is 19.1 Å². The van der Waals surface area contributed by atoms with Gasteiger partial charge in [-0.1, -0.05) is 18.2 Å². The second-order valence-corrected chi connectivity index (χ2v) is 4.77. The molecule has 0 aliphatic rings. The lowest BCUT2D eigenvalue weighted by Gasteiger charge is -2.13. The lowest BCUT2D eigenvalue weighted by molar-refractivity contribution is -0.136. The number of benzene rings is 1. The van der Waals surface area contributed by atoms with Gasteiger partial charge in [0.25, 0.3) is 0 Å². The van der Waals surface area contributed by atoms with E-state index in [-0.39, 0.29) is 0 Å². The van der Waals surface area contributed by atoms with Crippen LogP contribution in [0.4, 0.5) is 0 Å². The van der Waals surface area contributed by atoms with E-state index in [9.17, 15) is 4.79 Å². The van der Waals surface area contributed by atoms with Crippen LogP contribution in [0.15, 0.2) is 35.2 Å². The number of thioether (sulfide) groups is 1. The number of rotatable bonds is 4. The molecule has 0 aliphatic carbocycles. The molecule has 14 heavy (non-hydrogen) atoms. The molecule has 0 amide bonds. The SMILES string of the molecule is C[C@H](Cl)[C@@H](Sc1ccccc1)C(=O)O. The molecule has 0 heterocycles. The lowest BCUT2D eigenvalue weighted by Crippen LogP contribution is -2.24. The first kappa shape index (κ1) is 11.4. The average molecular weight is 231 g/mol. The van der Waals surface area contributed by atoms with Gasteiger partial charge in [-0.15, -0.1) is 23.4 Å². The van der Waals surface area contributed by atoms with Crippen LogP contribution in [0.2, 0.25) is 0 Å². The van der Waals surface area contributed by atoms with Crippen LogP contribution in [0.3, 0.4) is 0 Å². The number of halogens is 1. The maximum absolute atomic E-state index is 10.8. The van der Waals surface area contributed by atoms with Crippen molar-refractivity contribution < 1.29 is 9.90 Å². The highest BCUT2D eigenvalue weighted by atomic mass is 35.5. The molecule has 4 heteroatoms. The molecule has 0 radical (unpaired) electrons. The maximum Gasteiger partial charge on any atom is 0.318 e. The number of hydrogen-bond acceptors (Lipinski definition) is 2. The van der Waals surface area contributed by atoms with E-state index >= 15 is 0 Å². The Kier molecular flexibility index (Phi) is 4.29. The summed E-state index contributed by atoms with van der Waals surface area (Å²) < 4.78 is 0. The summed E-state index contributed by atoms with van der Waals surface area (Å²) in [6.45, 7) is 1.69. The fourth-order valence-electron chi connectivity index (χ4n) is 0.986. The Balaban J connectivity index is 2.70. The van der Waals surface area contributed by atoms with E-state index in [1.807, 2.05) is 30.3 Å². The summed E-state index contributed by atoms with van der Waals surface area (Å²) in [5.41, 5.74) is 0. The quantitative estimate of drug-likeness (QED) is 0.639. The molecule has 0 aliphatic heterocycles. The Labute approximate surface area is 92.3 Å². The van der Waals surface area contributed by atoms with Gasteiger partial charge in [0, 0.05) is 4.90 Å². The van der Waals surface area contributed by atoms with Crippen molar-refractivity contribution in [3.8, 4) is 0 Å². The minimum absolute atomic E-state index is 0.391. The molecule has 0 saturated heterocycles. The molecule has 0 fully saturated rings. The molecule has 0 spiro atoms. The summed E-state index contributed by atoms with van der Waals surface area (Å²) in [7, 11) is 0. The Hall–Kier alpha value is -0.670. The van der Waals surface area contributed by atoms with Crippen molar-refractivity contribution in [1.82, 2.24) is 0 Å². The van der Waals surface area contributed by atoms with E-state index in [1.54, 1.807) is 6.92 Å². The van der Waals surface area contributed by atoms with Crippen molar-refractivity contribution in [1.29, 1.82) is 0 Å². The molecule has 76 valence electrons. The van der Waals surface area contributed by atoms with Gasteiger partial charge in [0.1, 0.15) is 5.25 Å². The van der Waals surface area contributed by atoms with Crippen LogP contribution >= 0.6 is 23.4 Å². The highest BCUT2D eigenvalue weighted by molar-refractivity contribution is 8.00. The minimum Gasteiger partial charge on any atom is -0.480 e. The Bertz CT molecular complexity index is 300. The van der Waals surface area contributed by atoms with Crippen molar-refractivity contribution in [3.05, 3.63) is 30.3 Å². The zero-order valence-electron chi connectivity index (χ0n) is 7.68. The first-order chi connectivity index (χ1) is 6.61. The topological polar surface area (TPSA) is 37.3 Å². The van der Waals surface area contributed by atoms with Crippen LogP contribution in [0.5, 0.6) is 0 Å². The first-order valence-electron chi connectivity index (χ1n) is 4.20. The van der Waals surface area contributed by atoms with Gasteiger partial charge in [0.05, 0.1) is 5.38 Å². The van der Waals surface area contributed by atoms with Crippen molar-refractivity contribution in [3.63, 3.8) is 0 Å². The van der Waals surface area contributed by atoms with E-state index in [0.29, 0.717) is 0 Å². The molecule has 1 aromatic carbocycles. The summed E-state index contributed by atoms with van der Waals surface area (Å²) in [6.07, 6.45) is 0. The molecule has 0 aromatic heterocycles. The Morgan fingerprint density at radius 2 is 2.00 bits per heavy atom. The van der Waals surface area contributed by atoms with E-state index in [2.05, 4.69) is 0 Å². The average Bonchev–Trinajstić information content (AvgIpc) is 2.15. The van der Waals surface area contributed by atoms with Gasteiger partial charge in [-0.2, -0.15) is 0 Å². The predicted molar refractivity (Wildman–Crippen MR) is 59.0 cm³/mol. The van der Waals surface area contributed by atoms with Crippen LogP contribution in [0.1, 0.15) is 6.92 Å². The van der Waals surface area contributed by atoms with E-state index in [4.69, 9.17) is 16.7 Å².